The van der Waals surface area contributed by atoms with Crippen LogP contribution < -0.4 is 10.1 Å². The molecule has 1 aromatic heterocycles. The molecule has 1 N–H and O–H groups in total. The lowest BCUT2D eigenvalue weighted by Crippen LogP contribution is -2.36. The molecule has 0 fully saturated rings. The number of halogens is 1. The van der Waals surface area contributed by atoms with Crippen LogP contribution in [0.5, 0.6) is 5.75 Å². The fraction of sp³-hybridized carbons (Fsp3) is 0.238. The minimum absolute atomic E-state index is 0.0955. The Hall–Kier alpha value is -3.40. The van der Waals surface area contributed by atoms with Crippen molar-refractivity contribution in [3.63, 3.8) is 0 Å². The van der Waals surface area contributed by atoms with Gasteiger partial charge in [-0.3, -0.25) is 9.59 Å². The highest BCUT2D eigenvalue weighted by atomic mass is 32.2. The van der Waals surface area contributed by atoms with E-state index in [9.17, 15) is 14.0 Å². The zero-order chi connectivity index (χ0) is 22.4. The number of aromatic nitrogens is 3. The monoisotopic (exact) mass is 443 g/mol. The lowest BCUT2D eigenvalue weighted by atomic mass is 10.2. The molecule has 2 amide bonds. The number of methoxy groups -OCH3 is 1. The van der Waals surface area contributed by atoms with Crippen molar-refractivity contribution in [2.75, 3.05) is 31.8 Å². The van der Waals surface area contributed by atoms with Crippen LogP contribution >= 0.6 is 11.8 Å². The number of anilines is 1. The number of amides is 2. The molecule has 0 unspecified atom stereocenters. The molecule has 0 saturated heterocycles. The molecule has 0 saturated carbocycles. The Labute approximate surface area is 183 Å². The minimum Gasteiger partial charge on any atom is -0.496 e. The third-order valence-corrected chi connectivity index (χ3v) is 5.45. The molecule has 8 nitrogen and oxygen atoms in total. The number of ether oxygens (including phenoxy) is 1. The van der Waals surface area contributed by atoms with Gasteiger partial charge in [0.1, 0.15) is 11.6 Å². The van der Waals surface area contributed by atoms with Crippen molar-refractivity contribution in [3.8, 4) is 17.1 Å². The summed E-state index contributed by atoms with van der Waals surface area (Å²) >= 11 is 1.23. The summed E-state index contributed by atoms with van der Waals surface area (Å²) in [5.74, 6) is 0.403. The van der Waals surface area contributed by atoms with Crippen molar-refractivity contribution < 1.29 is 18.7 Å². The predicted octanol–water partition coefficient (Wildman–Crippen LogP) is 2.82. The average molecular weight is 444 g/mol. The standard InChI is InChI=1S/C21H22FN5O3S/c1-26(12-18(28)23-15-10-8-14(22)9-11-15)19(29)13-31-21-25-24-20(27(21)2)16-6-4-5-7-17(16)30-3/h4-11H,12-13H2,1-3H3,(H,23,28). The molecule has 0 bridgehead atoms. The number of hydrogen-bond donors (Lipinski definition) is 1. The maximum atomic E-state index is 12.9. The molecule has 0 radical (unpaired) electrons. The third kappa shape index (κ3) is 5.60. The van der Waals surface area contributed by atoms with Gasteiger partial charge >= 0.3 is 0 Å². The smallest absolute Gasteiger partial charge is 0.243 e. The van der Waals surface area contributed by atoms with Crippen molar-refractivity contribution in [3.05, 3.63) is 54.3 Å². The highest BCUT2D eigenvalue weighted by molar-refractivity contribution is 7.99. The van der Waals surface area contributed by atoms with Gasteiger partial charge in [0.05, 0.1) is 25.0 Å². The molecular formula is C21H22FN5O3S. The van der Waals surface area contributed by atoms with Gasteiger partial charge in [0.25, 0.3) is 0 Å². The zero-order valence-electron chi connectivity index (χ0n) is 17.3. The molecule has 10 heteroatoms. The minimum atomic E-state index is -0.389. The summed E-state index contributed by atoms with van der Waals surface area (Å²) in [6, 6.07) is 12.9. The SMILES string of the molecule is COc1ccccc1-c1nnc(SCC(=O)N(C)CC(=O)Nc2ccc(F)cc2)n1C. The molecule has 3 aromatic rings. The first-order valence-corrected chi connectivity index (χ1v) is 10.3. The fourth-order valence-electron chi connectivity index (χ4n) is 2.78. The van der Waals surface area contributed by atoms with Crippen LogP contribution in [-0.4, -0.2) is 57.9 Å². The fourth-order valence-corrected chi connectivity index (χ4v) is 3.63. The Morgan fingerprint density at radius 3 is 2.58 bits per heavy atom. The molecule has 3 rings (SSSR count). The van der Waals surface area contributed by atoms with E-state index in [0.29, 0.717) is 22.4 Å². The first kappa shape index (κ1) is 22.3. The highest BCUT2D eigenvalue weighted by Crippen LogP contribution is 2.29. The molecule has 0 aliphatic rings. The maximum Gasteiger partial charge on any atom is 0.243 e. The number of carbonyl (C=O) groups excluding carboxylic acids is 2. The molecule has 1 heterocycles. The largest absolute Gasteiger partial charge is 0.496 e. The summed E-state index contributed by atoms with van der Waals surface area (Å²) in [5, 5.41) is 11.6. The normalized spacial score (nSPS) is 10.6. The molecule has 0 atom stereocenters. The van der Waals surface area contributed by atoms with Crippen LogP contribution in [0.25, 0.3) is 11.4 Å². The van der Waals surface area contributed by atoms with Crippen molar-refractivity contribution in [1.82, 2.24) is 19.7 Å². The van der Waals surface area contributed by atoms with Gasteiger partial charge in [-0.2, -0.15) is 0 Å². The van der Waals surface area contributed by atoms with Gasteiger partial charge in [0.2, 0.25) is 11.8 Å². The van der Waals surface area contributed by atoms with E-state index in [1.807, 2.05) is 31.3 Å². The molecule has 0 aliphatic heterocycles. The molecule has 2 aromatic carbocycles. The van der Waals surface area contributed by atoms with Gasteiger partial charge in [-0.15, -0.1) is 10.2 Å². The van der Waals surface area contributed by atoms with Crippen LogP contribution in [0.2, 0.25) is 0 Å². The number of benzene rings is 2. The van der Waals surface area contributed by atoms with Crippen LogP contribution in [0, 0.1) is 5.82 Å². The Balaban J connectivity index is 1.56. The summed E-state index contributed by atoms with van der Waals surface area (Å²) in [6.45, 7) is -0.123. The van der Waals surface area contributed by atoms with Gasteiger partial charge in [0.15, 0.2) is 11.0 Å². The molecular weight excluding hydrogens is 421 g/mol. The summed E-state index contributed by atoms with van der Waals surface area (Å²) in [4.78, 5) is 25.9. The molecule has 31 heavy (non-hydrogen) atoms. The Kier molecular flexibility index (Phi) is 7.24. The summed E-state index contributed by atoms with van der Waals surface area (Å²) in [7, 11) is 4.95. The number of nitrogens with one attached hydrogen (secondary N) is 1. The van der Waals surface area contributed by atoms with Crippen LogP contribution in [0.1, 0.15) is 0 Å². The second-order valence-corrected chi connectivity index (χ2v) is 7.60. The second-order valence-electron chi connectivity index (χ2n) is 6.66. The number of rotatable bonds is 8. The van der Waals surface area contributed by atoms with Crippen LogP contribution in [-0.2, 0) is 16.6 Å². The second kappa shape index (κ2) is 10.1. The van der Waals surface area contributed by atoms with Gasteiger partial charge < -0.3 is 19.5 Å². The lowest BCUT2D eigenvalue weighted by Gasteiger charge is -2.16. The highest BCUT2D eigenvalue weighted by Gasteiger charge is 2.18. The lowest BCUT2D eigenvalue weighted by molar-refractivity contribution is -0.131. The van der Waals surface area contributed by atoms with E-state index >= 15 is 0 Å². The van der Waals surface area contributed by atoms with E-state index in [1.165, 1.54) is 40.9 Å². The number of thioether (sulfide) groups is 1. The number of nitrogens with zero attached hydrogens (tertiary/aromatic N) is 4. The summed E-state index contributed by atoms with van der Waals surface area (Å²) < 4.78 is 20.1. The van der Waals surface area contributed by atoms with E-state index in [4.69, 9.17) is 4.74 Å². The van der Waals surface area contributed by atoms with Crippen LogP contribution in [0.3, 0.4) is 0 Å². The van der Waals surface area contributed by atoms with E-state index in [0.717, 1.165) is 5.56 Å². The first-order valence-electron chi connectivity index (χ1n) is 9.34. The van der Waals surface area contributed by atoms with Gasteiger partial charge in [-0.1, -0.05) is 23.9 Å². The van der Waals surface area contributed by atoms with Gasteiger partial charge in [-0.25, -0.2) is 4.39 Å². The summed E-state index contributed by atoms with van der Waals surface area (Å²) in [6.07, 6.45) is 0. The van der Waals surface area contributed by atoms with Crippen molar-refractivity contribution in [2.24, 2.45) is 7.05 Å². The third-order valence-electron chi connectivity index (χ3n) is 4.44. The topological polar surface area (TPSA) is 89.4 Å². The van der Waals surface area contributed by atoms with Gasteiger partial charge in [0, 0.05) is 19.8 Å². The van der Waals surface area contributed by atoms with E-state index in [2.05, 4.69) is 15.5 Å². The maximum absolute atomic E-state index is 12.9. The number of para-hydroxylation sites is 1. The molecule has 0 spiro atoms. The van der Waals surface area contributed by atoms with Crippen molar-refractivity contribution in [1.29, 1.82) is 0 Å². The van der Waals surface area contributed by atoms with Gasteiger partial charge in [-0.05, 0) is 36.4 Å². The Morgan fingerprint density at radius 1 is 1.16 bits per heavy atom. The Bertz CT molecular complexity index is 1070. The summed E-state index contributed by atoms with van der Waals surface area (Å²) in [5.41, 5.74) is 1.26. The van der Waals surface area contributed by atoms with E-state index in [1.54, 1.807) is 18.7 Å². The van der Waals surface area contributed by atoms with Crippen molar-refractivity contribution in [2.45, 2.75) is 5.16 Å². The molecule has 0 aliphatic carbocycles. The number of carbonyl (C=O) groups is 2. The number of hydrogen-bond acceptors (Lipinski definition) is 6. The van der Waals surface area contributed by atoms with Crippen LogP contribution in [0.15, 0.2) is 53.7 Å². The van der Waals surface area contributed by atoms with Crippen LogP contribution in [0.4, 0.5) is 10.1 Å². The predicted molar refractivity (Wildman–Crippen MR) is 116 cm³/mol. The zero-order valence-corrected chi connectivity index (χ0v) is 18.1. The van der Waals surface area contributed by atoms with E-state index < -0.39 is 0 Å². The average Bonchev–Trinajstić information content (AvgIpc) is 3.13. The number of likely N-dealkylation sites (N-methyl/N-ethyl adjacent to an activating group) is 1. The molecule has 162 valence electrons. The van der Waals surface area contributed by atoms with Crippen molar-refractivity contribution >= 4 is 29.3 Å². The first-order chi connectivity index (χ1) is 14.9. The van der Waals surface area contributed by atoms with E-state index in [-0.39, 0.29) is 29.9 Å². The Morgan fingerprint density at radius 2 is 1.87 bits per heavy atom. The quantitative estimate of drug-likeness (QED) is 0.539.